The number of carbonyl (C=O) groups excluding carboxylic acids is 1. The maximum absolute atomic E-state index is 13.0. The van der Waals surface area contributed by atoms with E-state index in [1.165, 1.54) is 14.2 Å². The fraction of sp³-hybridized carbons (Fsp3) is 0.0870. The van der Waals surface area contributed by atoms with Gasteiger partial charge in [-0.05, 0) is 24.3 Å². The van der Waals surface area contributed by atoms with E-state index < -0.39 is 0 Å². The first kappa shape index (κ1) is 19.2. The third-order valence-electron chi connectivity index (χ3n) is 4.60. The summed E-state index contributed by atoms with van der Waals surface area (Å²) in [5, 5.41) is 10.2. The Morgan fingerprint density at radius 1 is 0.900 bits per heavy atom. The molecule has 0 saturated heterocycles. The van der Waals surface area contributed by atoms with E-state index >= 15 is 0 Å². The van der Waals surface area contributed by atoms with Crippen LogP contribution in [-0.4, -0.2) is 35.3 Å². The van der Waals surface area contributed by atoms with Crippen LogP contribution in [0.15, 0.2) is 72.8 Å². The Bertz CT molecular complexity index is 1170. The van der Waals surface area contributed by atoms with Crippen molar-refractivity contribution in [3.8, 4) is 34.3 Å². The van der Waals surface area contributed by atoms with E-state index in [2.05, 4.69) is 20.5 Å². The van der Waals surface area contributed by atoms with Crippen LogP contribution in [-0.2, 0) is 0 Å². The zero-order valence-electron chi connectivity index (χ0n) is 16.5. The van der Waals surface area contributed by atoms with Gasteiger partial charge in [-0.1, -0.05) is 48.5 Å². The topological polar surface area (TPSA) is 89.1 Å². The van der Waals surface area contributed by atoms with Crippen LogP contribution in [0.3, 0.4) is 0 Å². The smallest absolute Gasteiger partial charge is 0.259 e. The number of methoxy groups -OCH3 is 2. The zero-order valence-corrected chi connectivity index (χ0v) is 16.5. The predicted molar refractivity (Wildman–Crippen MR) is 115 cm³/mol. The first-order valence-corrected chi connectivity index (χ1v) is 9.31. The van der Waals surface area contributed by atoms with Crippen LogP contribution in [0, 0.1) is 0 Å². The second-order valence-corrected chi connectivity index (χ2v) is 6.41. The van der Waals surface area contributed by atoms with Crippen molar-refractivity contribution < 1.29 is 14.3 Å². The van der Waals surface area contributed by atoms with Gasteiger partial charge in [0, 0.05) is 11.1 Å². The Morgan fingerprint density at radius 2 is 1.67 bits per heavy atom. The van der Waals surface area contributed by atoms with Gasteiger partial charge in [-0.2, -0.15) is 5.10 Å². The van der Waals surface area contributed by atoms with Crippen LogP contribution in [0.4, 0.5) is 5.69 Å². The normalized spacial score (nSPS) is 10.5. The lowest BCUT2D eigenvalue weighted by Crippen LogP contribution is -2.14. The molecule has 0 aliphatic carbocycles. The third kappa shape index (κ3) is 3.73. The van der Waals surface area contributed by atoms with Crippen molar-refractivity contribution in [2.75, 3.05) is 19.5 Å². The molecule has 0 bridgehead atoms. The first-order valence-electron chi connectivity index (χ1n) is 9.31. The number of H-pyrrole nitrogens is 1. The maximum Gasteiger partial charge on any atom is 0.259 e. The molecule has 0 atom stereocenters. The van der Waals surface area contributed by atoms with Gasteiger partial charge in [-0.15, -0.1) is 0 Å². The van der Waals surface area contributed by atoms with Crippen molar-refractivity contribution in [1.82, 2.24) is 15.2 Å². The number of aromatic amines is 1. The van der Waals surface area contributed by atoms with Crippen molar-refractivity contribution in [1.29, 1.82) is 0 Å². The molecule has 150 valence electrons. The van der Waals surface area contributed by atoms with Gasteiger partial charge in [0.2, 0.25) is 0 Å². The van der Waals surface area contributed by atoms with Crippen molar-refractivity contribution in [3.05, 3.63) is 78.4 Å². The number of anilines is 1. The number of nitrogens with zero attached hydrogens (tertiary/aromatic N) is 2. The first-order chi connectivity index (χ1) is 14.7. The molecule has 7 nitrogen and oxygen atoms in total. The van der Waals surface area contributed by atoms with Gasteiger partial charge in [0.15, 0.2) is 23.1 Å². The van der Waals surface area contributed by atoms with E-state index in [1.807, 2.05) is 54.6 Å². The largest absolute Gasteiger partial charge is 0.493 e. The molecule has 3 aromatic carbocycles. The van der Waals surface area contributed by atoms with Crippen molar-refractivity contribution >= 4 is 11.6 Å². The Balaban J connectivity index is 1.65. The molecule has 1 aromatic heterocycles. The number of rotatable bonds is 6. The standard InChI is InChI=1S/C23H20N4O3/c1-29-19-14-8-12-17(20(19)30-2)23(28)24-18-13-7-6-11-16(18)22-25-21(26-27-22)15-9-4-3-5-10-15/h3-14H,1-2H3,(H,24,28)(H,25,26,27). The lowest BCUT2D eigenvalue weighted by molar-refractivity contribution is 0.102. The second kappa shape index (κ2) is 8.48. The minimum Gasteiger partial charge on any atom is -0.493 e. The van der Waals surface area contributed by atoms with E-state index in [0.717, 1.165) is 11.1 Å². The predicted octanol–water partition coefficient (Wildman–Crippen LogP) is 4.41. The highest BCUT2D eigenvalue weighted by atomic mass is 16.5. The maximum atomic E-state index is 13.0. The monoisotopic (exact) mass is 400 g/mol. The molecule has 0 aliphatic heterocycles. The quantitative estimate of drug-likeness (QED) is 0.500. The number of hydrogen-bond donors (Lipinski definition) is 2. The van der Waals surface area contributed by atoms with Crippen LogP contribution in [0.1, 0.15) is 10.4 Å². The molecule has 7 heteroatoms. The summed E-state index contributed by atoms with van der Waals surface area (Å²) in [5.74, 6) is 1.69. The molecule has 0 radical (unpaired) electrons. The van der Waals surface area contributed by atoms with Crippen LogP contribution >= 0.6 is 0 Å². The highest BCUT2D eigenvalue weighted by Gasteiger charge is 2.18. The van der Waals surface area contributed by atoms with Gasteiger partial charge in [0.05, 0.1) is 25.5 Å². The van der Waals surface area contributed by atoms with Gasteiger partial charge < -0.3 is 14.8 Å². The minimum atomic E-state index is -0.319. The lowest BCUT2D eigenvalue weighted by Gasteiger charge is -2.13. The Morgan fingerprint density at radius 3 is 2.43 bits per heavy atom. The molecular weight excluding hydrogens is 380 g/mol. The SMILES string of the molecule is COc1cccc(C(=O)Nc2ccccc2-c2nc(-c3ccccc3)n[nH]2)c1OC. The molecule has 0 saturated carbocycles. The van der Waals surface area contributed by atoms with Gasteiger partial charge in [-0.25, -0.2) is 4.98 Å². The van der Waals surface area contributed by atoms with E-state index in [9.17, 15) is 4.79 Å². The summed E-state index contributed by atoms with van der Waals surface area (Å²) >= 11 is 0. The van der Waals surface area contributed by atoms with Crippen LogP contribution in [0.2, 0.25) is 0 Å². The molecule has 1 amide bonds. The van der Waals surface area contributed by atoms with E-state index in [-0.39, 0.29) is 5.91 Å². The van der Waals surface area contributed by atoms with Crippen LogP contribution < -0.4 is 14.8 Å². The molecular formula is C23H20N4O3. The van der Waals surface area contributed by atoms with Crippen molar-refractivity contribution in [2.24, 2.45) is 0 Å². The number of carbonyl (C=O) groups is 1. The fourth-order valence-electron chi connectivity index (χ4n) is 3.15. The number of aromatic nitrogens is 3. The molecule has 1 heterocycles. The molecule has 0 fully saturated rings. The molecule has 30 heavy (non-hydrogen) atoms. The summed E-state index contributed by atoms with van der Waals surface area (Å²) in [5.41, 5.74) is 2.60. The molecule has 0 unspecified atom stereocenters. The third-order valence-corrected chi connectivity index (χ3v) is 4.60. The Labute approximate surface area is 173 Å². The molecule has 0 aliphatic rings. The second-order valence-electron chi connectivity index (χ2n) is 6.41. The Kier molecular flexibility index (Phi) is 5.43. The number of nitrogens with one attached hydrogen (secondary N) is 2. The lowest BCUT2D eigenvalue weighted by atomic mass is 10.1. The van der Waals surface area contributed by atoms with Gasteiger partial charge in [0.1, 0.15) is 0 Å². The minimum absolute atomic E-state index is 0.319. The molecule has 0 spiro atoms. The van der Waals surface area contributed by atoms with E-state index in [0.29, 0.717) is 34.4 Å². The summed E-state index contributed by atoms with van der Waals surface area (Å²) in [4.78, 5) is 17.6. The number of benzene rings is 3. The van der Waals surface area contributed by atoms with Gasteiger partial charge in [-0.3, -0.25) is 9.89 Å². The average molecular weight is 400 g/mol. The number of ether oxygens (including phenoxy) is 2. The number of amides is 1. The molecule has 4 rings (SSSR count). The summed E-state index contributed by atoms with van der Waals surface area (Å²) in [6, 6.07) is 22.2. The summed E-state index contributed by atoms with van der Waals surface area (Å²) < 4.78 is 10.7. The van der Waals surface area contributed by atoms with Crippen molar-refractivity contribution in [3.63, 3.8) is 0 Å². The fourth-order valence-corrected chi connectivity index (χ4v) is 3.15. The summed E-state index contributed by atoms with van der Waals surface area (Å²) in [6.45, 7) is 0. The zero-order chi connectivity index (χ0) is 20.9. The average Bonchev–Trinajstić information content (AvgIpc) is 3.29. The van der Waals surface area contributed by atoms with Crippen LogP contribution in [0.25, 0.3) is 22.8 Å². The van der Waals surface area contributed by atoms with Crippen molar-refractivity contribution in [2.45, 2.75) is 0 Å². The number of hydrogen-bond acceptors (Lipinski definition) is 5. The Hall–Kier alpha value is -4.13. The number of para-hydroxylation sites is 2. The van der Waals surface area contributed by atoms with Gasteiger partial charge >= 0.3 is 0 Å². The van der Waals surface area contributed by atoms with Gasteiger partial charge in [0.25, 0.3) is 5.91 Å². The summed E-state index contributed by atoms with van der Waals surface area (Å²) in [6.07, 6.45) is 0. The van der Waals surface area contributed by atoms with E-state index in [4.69, 9.17) is 9.47 Å². The van der Waals surface area contributed by atoms with Crippen LogP contribution in [0.5, 0.6) is 11.5 Å². The summed E-state index contributed by atoms with van der Waals surface area (Å²) in [7, 11) is 3.03. The highest BCUT2D eigenvalue weighted by molar-refractivity contribution is 6.08. The highest BCUT2D eigenvalue weighted by Crippen LogP contribution is 2.32. The molecule has 2 N–H and O–H groups in total. The molecule has 4 aromatic rings. The van der Waals surface area contributed by atoms with E-state index in [1.54, 1.807) is 18.2 Å².